The second-order valence-corrected chi connectivity index (χ2v) is 5.97. The molecule has 0 aliphatic carbocycles. The summed E-state index contributed by atoms with van der Waals surface area (Å²) in [7, 11) is 0. The molecule has 0 radical (unpaired) electrons. The molecule has 116 valence electrons. The number of piperidine rings is 1. The lowest BCUT2D eigenvalue weighted by Crippen LogP contribution is -2.56. The Labute approximate surface area is 129 Å². The van der Waals surface area contributed by atoms with Crippen molar-refractivity contribution in [2.24, 2.45) is 0 Å². The molecule has 3 aliphatic rings. The maximum absolute atomic E-state index is 12.5. The van der Waals surface area contributed by atoms with Gasteiger partial charge >= 0.3 is 0 Å². The Balaban J connectivity index is 1.49. The van der Waals surface area contributed by atoms with Crippen LogP contribution in [0.5, 0.6) is 11.5 Å². The van der Waals surface area contributed by atoms with Crippen molar-refractivity contribution in [3.8, 4) is 11.5 Å². The average molecular weight is 301 g/mol. The van der Waals surface area contributed by atoms with Gasteiger partial charge in [0.05, 0.1) is 25.3 Å². The van der Waals surface area contributed by atoms with Crippen LogP contribution in [0.4, 0.5) is 0 Å². The Hall–Kier alpha value is -2.01. The van der Waals surface area contributed by atoms with Crippen molar-refractivity contribution in [3.63, 3.8) is 0 Å². The fourth-order valence-corrected chi connectivity index (χ4v) is 3.46. The normalized spacial score (nSPS) is 26.5. The number of amides is 1. The Morgan fingerprint density at radius 2 is 1.91 bits per heavy atom. The molecule has 5 nitrogen and oxygen atoms in total. The number of rotatable bonds is 2. The van der Waals surface area contributed by atoms with Gasteiger partial charge in [-0.05, 0) is 43.0 Å². The maximum atomic E-state index is 12.5. The maximum Gasteiger partial charge on any atom is 0.247 e. The molecule has 22 heavy (non-hydrogen) atoms. The second-order valence-electron chi connectivity index (χ2n) is 5.97. The van der Waals surface area contributed by atoms with Gasteiger partial charge in [-0.1, -0.05) is 6.07 Å². The monoisotopic (exact) mass is 301 g/mol. The number of morpholine rings is 1. The molecule has 5 heteroatoms. The topological polar surface area (TPSA) is 48.0 Å². The highest BCUT2D eigenvalue weighted by Crippen LogP contribution is 2.33. The van der Waals surface area contributed by atoms with E-state index < -0.39 is 0 Å². The Bertz CT molecular complexity index is 591. The van der Waals surface area contributed by atoms with E-state index in [4.69, 9.17) is 14.2 Å². The van der Waals surface area contributed by atoms with Crippen LogP contribution >= 0.6 is 0 Å². The quantitative estimate of drug-likeness (QED) is 0.786. The number of nitrogens with zero attached hydrogens (tertiary/aromatic N) is 1. The van der Waals surface area contributed by atoms with E-state index in [1.54, 1.807) is 6.08 Å². The fourth-order valence-electron chi connectivity index (χ4n) is 3.46. The molecule has 2 bridgehead atoms. The summed E-state index contributed by atoms with van der Waals surface area (Å²) < 4.78 is 16.2. The van der Waals surface area contributed by atoms with Crippen LogP contribution in [0, 0.1) is 0 Å². The minimum absolute atomic E-state index is 0.0793. The Morgan fingerprint density at radius 3 is 2.73 bits per heavy atom. The number of hydrogen-bond acceptors (Lipinski definition) is 4. The summed E-state index contributed by atoms with van der Waals surface area (Å²) >= 11 is 0. The van der Waals surface area contributed by atoms with E-state index in [-0.39, 0.29) is 24.8 Å². The zero-order valence-corrected chi connectivity index (χ0v) is 12.4. The van der Waals surface area contributed by atoms with Crippen LogP contribution < -0.4 is 9.47 Å². The summed E-state index contributed by atoms with van der Waals surface area (Å²) in [6.45, 7) is 1.60. The number of carbonyl (C=O) groups is 1. The van der Waals surface area contributed by atoms with Crippen LogP contribution in [0.1, 0.15) is 24.8 Å². The number of carbonyl (C=O) groups excluding carboxylic acids is 1. The Morgan fingerprint density at radius 1 is 1.14 bits per heavy atom. The van der Waals surface area contributed by atoms with Gasteiger partial charge in [-0.2, -0.15) is 0 Å². The summed E-state index contributed by atoms with van der Waals surface area (Å²) in [4.78, 5) is 14.6. The van der Waals surface area contributed by atoms with E-state index >= 15 is 0 Å². The molecule has 2 fully saturated rings. The largest absolute Gasteiger partial charge is 0.454 e. The molecule has 1 aromatic rings. The molecule has 3 heterocycles. The first-order chi connectivity index (χ1) is 10.8. The Kier molecular flexibility index (Phi) is 3.50. The molecule has 3 aliphatic heterocycles. The molecule has 2 saturated heterocycles. The van der Waals surface area contributed by atoms with Crippen LogP contribution in [0.25, 0.3) is 6.08 Å². The first-order valence-electron chi connectivity index (χ1n) is 7.79. The van der Waals surface area contributed by atoms with Gasteiger partial charge in [0.2, 0.25) is 12.7 Å². The highest BCUT2D eigenvalue weighted by atomic mass is 16.7. The van der Waals surface area contributed by atoms with E-state index in [1.165, 1.54) is 6.42 Å². The average Bonchev–Trinajstić information content (AvgIpc) is 2.99. The second kappa shape index (κ2) is 5.65. The molecule has 1 aromatic carbocycles. The van der Waals surface area contributed by atoms with E-state index in [1.807, 2.05) is 29.2 Å². The molecule has 1 amide bonds. The minimum atomic E-state index is 0.0793. The van der Waals surface area contributed by atoms with Gasteiger partial charge in [-0.25, -0.2) is 0 Å². The van der Waals surface area contributed by atoms with Gasteiger partial charge in [0.25, 0.3) is 0 Å². The summed E-state index contributed by atoms with van der Waals surface area (Å²) in [6, 6.07) is 6.17. The van der Waals surface area contributed by atoms with E-state index in [2.05, 4.69) is 0 Å². The van der Waals surface area contributed by atoms with Crippen LogP contribution in [0.15, 0.2) is 24.3 Å². The highest BCUT2D eigenvalue weighted by Gasteiger charge is 2.36. The van der Waals surface area contributed by atoms with Crippen molar-refractivity contribution in [3.05, 3.63) is 29.8 Å². The van der Waals surface area contributed by atoms with Gasteiger partial charge in [0.15, 0.2) is 11.5 Å². The lowest BCUT2D eigenvalue weighted by molar-refractivity contribution is -0.145. The van der Waals surface area contributed by atoms with Gasteiger partial charge in [-0.15, -0.1) is 0 Å². The molecule has 0 spiro atoms. The van der Waals surface area contributed by atoms with Crippen LogP contribution in [0.2, 0.25) is 0 Å². The molecule has 0 aromatic heterocycles. The zero-order valence-electron chi connectivity index (χ0n) is 12.4. The highest BCUT2D eigenvalue weighted by molar-refractivity contribution is 5.92. The number of hydrogen-bond donors (Lipinski definition) is 0. The van der Waals surface area contributed by atoms with E-state index in [0.717, 1.165) is 29.9 Å². The van der Waals surface area contributed by atoms with Gasteiger partial charge in [0.1, 0.15) is 0 Å². The lowest BCUT2D eigenvalue weighted by Gasteiger charge is -2.45. The predicted octanol–water partition coefficient (Wildman–Crippen LogP) is 2.21. The van der Waals surface area contributed by atoms with Gasteiger partial charge < -0.3 is 19.1 Å². The SMILES string of the molecule is O=C(/C=C/c1ccc2c(c1)OCO2)N1[C@@H]2CCC[C@H]1COC2. The third-order valence-corrected chi connectivity index (χ3v) is 4.55. The van der Waals surface area contributed by atoms with E-state index in [0.29, 0.717) is 13.2 Å². The van der Waals surface area contributed by atoms with Crippen LogP contribution in [-0.2, 0) is 9.53 Å². The predicted molar refractivity (Wildman–Crippen MR) is 80.7 cm³/mol. The van der Waals surface area contributed by atoms with Crippen molar-refractivity contribution in [1.82, 2.24) is 4.90 Å². The van der Waals surface area contributed by atoms with Crippen molar-refractivity contribution in [2.75, 3.05) is 20.0 Å². The molecular formula is C17H19NO4. The first-order valence-corrected chi connectivity index (χ1v) is 7.79. The van der Waals surface area contributed by atoms with Crippen LogP contribution in [-0.4, -0.2) is 42.9 Å². The van der Waals surface area contributed by atoms with Crippen molar-refractivity contribution < 1.29 is 19.0 Å². The molecule has 0 N–H and O–H groups in total. The standard InChI is InChI=1S/C17H19NO4/c19-17(18-13-2-1-3-14(18)10-20-9-13)7-5-12-4-6-15-16(8-12)22-11-21-15/h4-8,13-14H,1-3,9-11H2/b7-5+/t13-,14+. The van der Waals surface area contributed by atoms with Crippen molar-refractivity contribution >= 4 is 12.0 Å². The first kappa shape index (κ1) is 13.6. The summed E-state index contributed by atoms with van der Waals surface area (Å²) in [5.41, 5.74) is 0.941. The molecule has 0 unspecified atom stereocenters. The number of benzene rings is 1. The smallest absolute Gasteiger partial charge is 0.247 e. The number of fused-ring (bicyclic) bond motifs is 3. The number of ether oxygens (including phenoxy) is 3. The minimum Gasteiger partial charge on any atom is -0.454 e. The van der Waals surface area contributed by atoms with Gasteiger partial charge in [-0.3, -0.25) is 4.79 Å². The summed E-state index contributed by atoms with van der Waals surface area (Å²) in [5.74, 6) is 1.57. The lowest BCUT2D eigenvalue weighted by atomic mass is 9.94. The molecular weight excluding hydrogens is 282 g/mol. The van der Waals surface area contributed by atoms with Crippen LogP contribution in [0.3, 0.4) is 0 Å². The zero-order chi connectivity index (χ0) is 14.9. The molecule has 2 atom stereocenters. The van der Waals surface area contributed by atoms with Gasteiger partial charge in [0, 0.05) is 6.08 Å². The summed E-state index contributed by atoms with van der Waals surface area (Å²) in [6.07, 6.45) is 6.78. The third-order valence-electron chi connectivity index (χ3n) is 4.55. The third kappa shape index (κ3) is 2.46. The molecule has 0 saturated carbocycles. The summed E-state index contributed by atoms with van der Waals surface area (Å²) in [5, 5.41) is 0. The molecule has 4 rings (SSSR count). The van der Waals surface area contributed by atoms with E-state index in [9.17, 15) is 4.79 Å². The van der Waals surface area contributed by atoms with Crippen molar-refractivity contribution in [2.45, 2.75) is 31.3 Å². The fraction of sp³-hybridized carbons (Fsp3) is 0.471. The van der Waals surface area contributed by atoms with Crippen molar-refractivity contribution in [1.29, 1.82) is 0 Å².